The summed E-state index contributed by atoms with van der Waals surface area (Å²) >= 11 is 4.19. The Morgan fingerprint density at radius 3 is 2.64 bits per heavy atom. The third kappa shape index (κ3) is 2.68. The van der Waals surface area contributed by atoms with Gasteiger partial charge in [0.05, 0.1) is 0 Å². The van der Waals surface area contributed by atoms with Crippen molar-refractivity contribution in [3.63, 3.8) is 0 Å². The molecule has 0 aliphatic rings. The summed E-state index contributed by atoms with van der Waals surface area (Å²) in [5.41, 5.74) is 4.03. The second kappa shape index (κ2) is 5.30. The molecule has 0 heterocycles. The fraction of sp³-hybridized carbons (Fsp3) is 0.500. The first kappa shape index (κ1) is 11.4. The molecule has 78 valence electrons. The zero-order chi connectivity index (χ0) is 10.6. The first-order valence-corrected chi connectivity index (χ1v) is 5.74. The smallest absolute Gasteiger partial charge is 0.0373 e. The predicted molar refractivity (Wildman–Crippen MR) is 67.6 cm³/mol. The van der Waals surface area contributed by atoms with Gasteiger partial charge in [-0.15, -0.1) is 0 Å². The third-order valence-corrected chi connectivity index (χ3v) is 2.65. The molecule has 0 saturated carbocycles. The molecule has 0 fully saturated rings. The number of hydrogen-bond acceptors (Lipinski definition) is 2. The predicted octanol–water partition coefficient (Wildman–Crippen LogP) is 3.46. The van der Waals surface area contributed by atoms with Crippen molar-refractivity contribution in [1.82, 2.24) is 0 Å². The van der Waals surface area contributed by atoms with Crippen molar-refractivity contribution in [3.8, 4) is 0 Å². The van der Waals surface area contributed by atoms with Crippen molar-refractivity contribution in [2.24, 2.45) is 0 Å². The number of nitrogens with one attached hydrogen (secondary N) is 1. The molecule has 1 rings (SSSR count). The molecule has 0 spiro atoms. The molecule has 14 heavy (non-hydrogen) atoms. The minimum absolute atomic E-state index is 0.591. The molecule has 0 aliphatic heterocycles. The zero-order valence-corrected chi connectivity index (χ0v) is 10.1. The van der Waals surface area contributed by atoms with Crippen molar-refractivity contribution < 1.29 is 0 Å². The largest absolute Gasteiger partial charge is 0.384 e. The third-order valence-electron chi connectivity index (χ3n) is 2.42. The number of anilines is 1. The van der Waals surface area contributed by atoms with Gasteiger partial charge < -0.3 is 5.32 Å². The van der Waals surface area contributed by atoms with E-state index in [4.69, 9.17) is 0 Å². The van der Waals surface area contributed by atoms with Crippen LogP contribution >= 0.6 is 12.6 Å². The Labute approximate surface area is 92.3 Å². The van der Waals surface area contributed by atoms with E-state index in [1.807, 2.05) is 0 Å². The topological polar surface area (TPSA) is 12.0 Å². The van der Waals surface area contributed by atoms with Gasteiger partial charge in [-0.05, 0) is 30.0 Å². The van der Waals surface area contributed by atoms with E-state index < -0.39 is 0 Å². The van der Waals surface area contributed by atoms with E-state index in [1.54, 1.807) is 0 Å². The summed E-state index contributed by atoms with van der Waals surface area (Å²) in [5, 5.41) is 3.38. The Hall–Kier alpha value is -0.630. The highest BCUT2D eigenvalue weighted by Gasteiger charge is 2.05. The van der Waals surface area contributed by atoms with Crippen molar-refractivity contribution >= 4 is 18.3 Å². The van der Waals surface area contributed by atoms with E-state index in [1.165, 1.54) is 16.8 Å². The van der Waals surface area contributed by atoms with Crippen LogP contribution in [-0.4, -0.2) is 12.3 Å². The van der Waals surface area contributed by atoms with Gasteiger partial charge in [0.15, 0.2) is 0 Å². The lowest BCUT2D eigenvalue weighted by molar-refractivity contribution is 0.856. The first-order valence-electron chi connectivity index (χ1n) is 5.11. The molecule has 0 atom stereocenters. The van der Waals surface area contributed by atoms with Crippen LogP contribution in [0.4, 0.5) is 5.69 Å². The van der Waals surface area contributed by atoms with Crippen LogP contribution in [0.25, 0.3) is 0 Å². The van der Waals surface area contributed by atoms with Crippen LogP contribution in [0.5, 0.6) is 0 Å². The summed E-state index contributed by atoms with van der Waals surface area (Å²) in [6.07, 6.45) is 0. The van der Waals surface area contributed by atoms with Gasteiger partial charge in [-0.3, -0.25) is 0 Å². The van der Waals surface area contributed by atoms with Crippen LogP contribution in [0.2, 0.25) is 0 Å². The van der Waals surface area contributed by atoms with Crippen molar-refractivity contribution in [1.29, 1.82) is 0 Å². The van der Waals surface area contributed by atoms with Crippen molar-refractivity contribution in [2.45, 2.75) is 26.7 Å². The van der Waals surface area contributed by atoms with E-state index in [0.717, 1.165) is 12.3 Å². The van der Waals surface area contributed by atoms with E-state index in [2.05, 4.69) is 56.9 Å². The number of hydrogen-bond donors (Lipinski definition) is 2. The van der Waals surface area contributed by atoms with E-state index in [-0.39, 0.29) is 0 Å². The maximum Gasteiger partial charge on any atom is 0.0373 e. The van der Waals surface area contributed by atoms with Gasteiger partial charge in [-0.2, -0.15) is 12.6 Å². The lowest BCUT2D eigenvalue weighted by atomic mass is 9.97. The Kier molecular flexibility index (Phi) is 4.33. The number of thiol groups is 1. The van der Waals surface area contributed by atoms with Gasteiger partial charge >= 0.3 is 0 Å². The molecule has 0 saturated heterocycles. The maximum atomic E-state index is 4.19. The highest BCUT2D eigenvalue weighted by atomic mass is 32.1. The summed E-state index contributed by atoms with van der Waals surface area (Å²) in [6.45, 7) is 7.55. The summed E-state index contributed by atoms with van der Waals surface area (Å²) in [7, 11) is 0. The van der Waals surface area contributed by atoms with Gasteiger partial charge in [0.2, 0.25) is 0 Å². The fourth-order valence-electron chi connectivity index (χ4n) is 1.66. The van der Waals surface area contributed by atoms with E-state index in [9.17, 15) is 0 Å². The molecule has 2 heteroatoms. The van der Waals surface area contributed by atoms with Crippen LogP contribution in [-0.2, 0) is 0 Å². The molecule has 1 aromatic rings. The van der Waals surface area contributed by atoms with Gasteiger partial charge in [0, 0.05) is 18.0 Å². The summed E-state index contributed by atoms with van der Waals surface area (Å²) in [4.78, 5) is 0. The minimum atomic E-state index is 0.591. The number of benzene rings is 1. The maximum absolute atomic E-state index is 4.19. The normalized spacial score (nSPS) is 10.6. The first-order chi connectivity index (χ1) is 6.66. The van der Waals surface area contributed by atoms with Gasteiger partial charge in [-0.25, -0.2) is 0 Å². The average Bonchev–Trinajstić information content (AvgIpc) is 2.16. The second-order valence-electron chi connectivity index (χ2n) is 3.82. The van der Waals surface area contributed by atoms with E-state index in [0.29, 0.717) is 5.92 Å². The Morgan fingerprint density at radius 2 is 2.07 bits per heavy atom. The summed E-state index contributed by atoms with van der Waals surface area (Å²) in [5.74, 6) is 1.46. The van der Waals surface area contributed by atoms with Gasteiger partial charge in [-0.1, -0.05) is 26.0 Å². The Morgan fingerprint density at radius 1 is 1.36 bits per heavy atom. The lowest BCUT2D eigenvalue weighted by Gasteiger charge is -2.14. The summed E-state index contributed by atoms with van der Waals surface area (Å²) in [6, 6.07) is 6.44. The Balaban J connectivity index is 2.89. The molecule has 1 N–H and O–H groups in total. The monoisotopic (exact) mass is 209 g/mol. The molecule has 0 bridgehead atoms. The van der Waals surface area contributed by atoms with Gasteiger partial charge in [0.1, 0.15) is 0 Å². The lowest BCUT2D eigenvalue weighted by Crippen LogP contribution is -2.05. The van der Waals surface area contributed by atoms with Crippen LogP contribution in [0.15, 0.2) is 18.2 Å². The van der Waals surface area contributed by atoms with E-state index >= 15 is 0 Å². The van der Waals surface area contributed by atoms with Crippen molar-refractivity contribution in [2.75, 3.05) is 17.6 Å². The minimum Gasteiger partial charge on any atom is -0.384 e. The molecule has 1 aromatic carbocycles. The van der Waals surface area contributed by atoms with Crippen LogP contribution in [0, 0.1) is 6.92 Å². The highest BCUT2D eigenvalue weighted by Crippen LogP contribution is 2.24. The molecule has 0 aromatic heterocycles. The average molecular weight is 209 g/mol. The molecule has 0 unspecified atom stereocenters. The molecular weight excluding hydrogens is 190 g/mol. The van der Waals surface area contributed by atoms with Crippen molar-refractivity contribution in [3.05, 3.63) is 29.3 Å². The van der Waals surface area contributed by atoms with Crippen LogP contribution in [0.3, 0.4) is 0 Å². The fourth-order valence-corrected chi connectivity index (χ4v) is 1.77. The quantitative estimate of drug-likeness (QED) is 0.724. The molecule has 1 nitrogen and oxygen atoms in total. The SMILES string of the molecule is Cc1c(NCCS)cccc1C(C)C. The standard InChI is InChI=1S/C12H19NS/c1-9(2)11-5-4-6-12(10(11)3)13-7-8-14/h4-6,9,13-14H,7-8H2,1-3H3. The van der Waals surface area contributed by atoms with Gasteiger partial charge in [0.25, 0.3) is 0 Å². The Bertz CT molecular complexity index is 294. The molecular formula is C12H19NS. The molecule has 0 aliphatic carbocycles. The highest BCUT2D eigenvalue weighted by molar-refractivity contribution is 7.80. The summed E-state index contributed by atoms with van der Waals surface area (Å²) < 4.78 is 0. The molecule has 0 radical (unpaired) electrons. The zero-order valence-electron chi connectivity index (χ0n) is 9.17. The molecule has 0 amide bonds. The van der Waals surface area contributed by atoms with Crippen LogP contribution < -0.4 is 5.32 Å². The number of rotatable bonds is 4. The second-order valence-corrected chi connectivity index (χ2v) is 4.27. The van der Waals surface area contributed by atoms with Crippen LogP contribution in [0.1, 0.15) is 30.9 Å².